The number of alkyl halides is 3. The molecule has 0 aliphatic rings. The first kappa shape index (κ1) is 14.8. The normalized spacial score (nSPS) is 17.1. The lowest BCUT2D eigenvalue weighted by Crippen LogP contribution is -2.24. The lowest BCUT2D eigenvalue weighted by Gasteiger charge is -2.23. The molecule has 0 aliphatic heterocycles. The van der Waals surface area contributed by atoms with Gasteiger partial charge in [0.15, 0.2) is 0 Å². The summed E-state index contributed by atoms with van der Waals surface area (Å²) in [6.07, 6.45) is -2.91. The van der Waals surface area contributed by atoms with Gasteiger partial charge >= 0.3 is 6.18 Å². The Kier molecular flexibility index (Phi) is 5.29. The van der Waals surface area contributed by atoms with Gasteiger partial charge in [0, 0.05) is 11.5 Å². The topological polar surface area (TPSA) is 23.8 Å². The van der Waals surface area contributed by atoms with Gasteiger partial charge in [0.25, 0.3) is 0 Å². The second-order valence-electron chi connectivity index (χ2n) is 3.70. The molecule has 0 aromatic rings. The predicted octanol–water partition coefficient (Wildman–Crippen LogP) is 4.24. The van der Waals surface area contributed by atoms with E-state index in [-0.39, 0.29) is 12.0 Å². The lowest BCUT2D eigenvalue weighted by atomic mass is 9.85. The fourth-order valence-corrected chi connectivity index (χ4v) is 1.54. The standard InChI is InChI=1S/C12H16F3N/c1-5-10(6-2)11(12(13,14)15)9(4)8(3)7-16/h5,8-9H,1,6H2,2-4H3/b11-10-/t8?,9-/m1/s1. The molecule has 0 saturated carbocycles. The van der Waals surface area contributed by atoms with Crippen molar-refractivity contribution in [2.75, 3.05) is 0 Å². The van der Waals surface area contributed by atoms with E-state index < -0.39 is 23.6 Å². The lowest BCUT2D eigenvalue weighted by molar-refractivity contribution is -0.100. The third-order valence-electron chi connectivity index (χ3n) is 2.69. The summed E-state index contributed by atoms with van der Waals surface area (Å²) >= 11 is 0. The van der Waals surface area contributed by atoms with Crippen molar-refractivity contribution < 1.29 is 13.2 Å². The molecule has 0 amide bonds. The van der Waals surface area contributed by atoms with Gasteiger partial charge in [-0.05, 0) is 18.9 Å². The highest BCUT2D eigenvalue weighted by atomic mass is 19.4. The summed E-state index contributed by atoms with van der Waals surface area (Å²) in [5.74, 6) is -1.50. The molecular formula is C12H16F3N. The molecule has 0 aliphatic carbocycles. The summed E-state index contributed by atoms with van der Waals surface area (Å²) in [5.41, 5.74) is -0.457. The van der Waals surface area contributed by atoms with E-state index in [1.807, 2.05) is 6.07 Å². The van der Waals surface area contributed by atoms with Crippen molar-refractivity contribution >= 4 is 0 Å². The molecule has 0 rings (SSSR count). The molecule has 1 nitrogen and oxygen atoms in total. The van der Waals surface area contributed by atoms with E-state index in [1.54, 1.807) is 6.92 Å². The third-order valence-corrected chi connectivity index (χ3v) is 2.69. The van der Waals surface area contributed by atoms with E-state index >= 15 is 0 Å². The highest BCUT2D eigenvalue weighted by Crippen LogP contribution is 2.38. The highest BCUT2D eigenvalue weighted by molar-refractivity contribution is 5.30. The zero-order valence-corrected chi connectivity index (χ0v) is 9.73. The van der Waals surface area contributed by atoms with E-state index in [2.05, 4.69) is 6.58 Å². The van der Waals surface area contributed by atoms with Gasteiger partial charge in [-0.15, -0.1) is 0 Å². The Labute approximate surface area is 94.3 Å². The Bertz CT molecular complexity index is 320. The molecule has 0 bridgehead atoms. The molecule has 0 radical (unpaired) electrons. The molecule has 1 unspecified atom stereocenters. The van der Waals surface area contributed by atoms with Crippen LogP contribution in [0.1, 0.15) is 27.2 Å². The van der Waals surface area contributed by atoms with Gasteiger partial charge in [0.2, 0.25) is 0 Å². The molecule has 0 N–H and O–H groups in total. The van der Waals surface area contributed by atoms with E-state index in [0.717, 1.165) is 0 Å². The number of nitrogens with zero attached hydrogens (tertiary/aromatic N) is 1. The number of nitriles is 1. The minimum atomic E-state index is -4.40. The second kappa shape index (κ2) is 5.74. The molecule has 0 fully saturated rings. The first-order valence-corrected chi connectivity index (χ1v) is 5.11. The van der Waals surface area contributed by atoms with Crippen molar-refractivity contribution in [2.24, 2.45) is 11.8 Å². The summed E-state index contributed by atoms with van der Waals surface area (Å²) in [6.45, 7) is 7.96. The van der Waals surface area contributed by atoms with Gasteiger partial charge in [-0.2, -0.15) is 18.4 Å². The molecule has 0 heterocycles. The first-order valence-electron chi connectivity index (χ1n) is 5.11. The quantitative estimate of drug-likeness (QED) is 0.664. The summed E-state index contributed by atoms with van der Waals surface area (Å²) in [7, 11) is 0. The van der Waals surface area contributed by atoms with Crippen LogP contribution in [0.2, 0.25) is 0 Å². The van der Waals surface area contributed by atoms with Gasteiger partial charge in [-0.3, -0.25) is 0 Å². The highest BCUT2D eigenvalue weighted by Gasteiger charge is 2.40. The average Bonchev–Trinajstić information content (AvgIpc) is 2.21. The molecule has 4 heteroatoms. The Morgan fingerprint density at radius 2 is 1.94 bits per heavy atom. The molecule has 90 valence electrons. The minimum absolute atomic E-state index is 0.169. The van der Waals surface area contributed by atoms with Crippen molar-refractivity contribution in [1.29, 1.82) is 5.26 Å². The largest absolute Gasteiger partial charge is 0.413 e. The van der Waals surface area contributed by atoms with Crippen LogP contribution in [0.3, 0.4) is 0 Å². The van der Waals surface area contributed by atoms with E-state index in [4.69, 9.17) is 5.26 Å². The number of rotatable bonds is 4. The zero-order chi connectivity index (χ0) is 12.9. The van der Waals surface area contributed by atoms with Crippen molar-refractivity contribution in [2.45, 2.75) is 33.4 Å². The fraction of sp³-hybridized carbons (Fsp3) is 0.583. The van der Waals surface area contributed by atoms with Crippen LogP contribution in [-0.4, -0.2) is 6.18 Å². The first-order chi connectivity index (χ1) is 7.29. The number of allylic oxidation sites excluding steroid dienone is 3. The van der Waals surface area contributed by atoms with Gasteiger partial charge in [0.05, 0.1) is 12.0 Å². The van der Waals surface area contributed by atoms with Crippen LogP contribution in [-0.2, 0) is 0 Å². The number of hydrogen-bond acceptors (Lipinski definition) is 1. The maximum atomic E-state index is 12.9. The molecule has 16 heavy (non-hydrogen) atoms. The van der Waals surface area contributed by atoms with Crippen molar-refractivity contribution in [3.63, 3.8) is 0 Å². The van der Waals surface area contributed by atoms with Gasteiger partial charge in [0.1, 0.15) is 0 Å². The Morgan fingerprint density at radius 3 is 2.19 bits per heavy atom. The number of halogens is 3. The third kappa shape index (κ3) is 3.41. The van der Waals surface area contributed by atoms with Gasteiger partial charge in [-0.25, -0.2) is 0 Å². The van der Waals surface area contributed by atoms with Gasteiger partial charge in [-0.1, -0.05) is 26.5 Å². The summed E-state index contributed by atoms with van der Waals surface area (Å²) in [4.78, 5) is 0. The Hall–Kier alpha value is -1.24. The fourth-order valence-electron chi connectivity index (χ4n) is 1.54. The van der Waals surface area contributed by atoms with Crippen molar-refractivity contribution in [1.82, 2.24) is 0 Å². The van der Waals surface area contributed by atoms with Crippen LogP contribution < -0.4 is 0 Å². The van der Waals surface area contributed by atoms with Crippen LogP contribution in [0, 0.1) is 23.2 Å². The zero-order valence-electron chi connectivity index (χ0n) is 9.73. The monoisotopic (exact) mass is 231 g/mol. The van der Waals surface area contributed by atoms with Crippen molar-refractivity contribution in [3.05, 3.63) is 23.8 Å². The number of hydrogen-bond donors (Lipinski definition) is 0. The predicted molar refractivity (Wildman–Crippen MR) is 57.5 cm³/mol. The van der Waals surface area contributed by atoms with Crippen LogP contribution >= 0.6 is 0 Å². The van der Waals surface area contributed by atoms with Crippen LogP contribution in [0.4, 0.5) is 13.2 Å². The Morgan fingerprint density at radius 1 is 1.44 bits per heavy atom. The molecule has 0 spiro atoms. The molecule has 0 saturated heterocycles. The SMILES string of the molecule is C=C/C(CC)=C(\[C@H](C)C(C)C#N)C(F)(F)F. The molecular weight excluding hydrogens is 215 g/mol. The molecule has 0 aromatic heterocycles. The van der Waals surface area contributed by atoms with Crippen molar-refractivity contribution in [3.8, 4) is 6.07 Å². The maximum absolute atomic E-state index is 12.9. The van der Waals surface area contributed by atoms with E-state index in [9.17, 15) is 13.2 Å². The second-order valence-corrected chi connectivity index (χ2v) is 3.70. The van der Waals surface area contributed by atoms with Crippen LogP contribution in [0.15, 0.2) is 23.8 Å². The molecule has 0 aromatic carbocycles. The van der Waals surface area contributed by atoms with Crippen LogP contribution in [0.25, 0.3) is 0 Å². The summed E-state index contributed by atoms with van der Waals surface area (Å²) in [6, 6.07) is 1.85. The van der Waals surface area contributed by atoms with E-state index in [0.29, 0.717) is 0 Å². The minimum Gasteiger partial charge on any atom is -0.198 e. The average molecular weight is 231 g/mol. The summed E-state index contributed by atoms with van der Waals surface area (Å²) in [5, 5.41) is 8.68. The van der Waals surface area contributed by atoms with Gasteiger partial charge < -0.3 is 0 Å². The molecule has 2 atom stereocenters. The Balaban J connectivity index is 5.53. The summed E-state index contributed by atoms with van der Waals surface area (Å²) < 4.78 is 38.6. The van der Waals surface area contributed by atoms with Crippen LogP contribution in [0.5, 0.6) is 0 Å². The smallest absolute Gasteiger partial charge is 0.198 e. The van der Waals surface area contributed by atoms with E-state index in [1.165, 1.54) is 19.9 Å². The maximum Gasteiger partial charge on any atom is 0.413 e.